The molecule has 15 aromatic rings. The summed E-state index contributed by atoms with van der Waals surface area (Å²) in [5, 5.41) is 25.6. The van der Waals surface area contributed by atoms with E-state index in [0.717, 1.165) is 12.2 Å². The molecule has 378 valence electrons. The highest BCUT2D eigenvalue weighted by Crippen LogP contribution is 2.51. The van der Waals surface area contributed by atoms with E-state index in [1.54, 1.807) is 0 Å². The molecule has 15 rings (SSSR count). The van der Waals surface area contributed by atoms with Crippen LogP contribution in [0.1, 0.15) is 56.9 Å². The third-order valence-electron chi connectivity index (χ3n) is 17.6. The lowest BCUT2D eigenvalue weighted by Gasteiger charge is -2.23. The lowest BCUT2D eigenvalue weighted by atomic mass is 9.80. The molecule has 79 heavy (non-hydrogen) atoms. The predicted molar refractivity (Wildman–Crippen MR) is 349 cm³/mol. The van der Waals surface area contributed by atoms with Crippen LogP contribution in [0.4, 0.5) is 0 Å². The standard InChI is InChI=1S/C78H60S/c79-40-18-6-4-2-1-3-5-7-19-50-34-35-67(64-27-15-14-25-62(50)64)75-48-72(58-32-30-55-41-51-20-8-10-22-53(51)43-60(55)45-58)68-37-39-71-76(74-47-57-24-12-13-26-63(57)65-28-16-17-29-66(65)74)49-73(69-36-38-70(75)77(68)78(69)71)59-33-31-56-42-52-21-9-11-23-54(52)44-61(56)46-59/h8-17,20-39,41-49,79H,1-7,18-19,40H2. The van der Waals surface area contributed by atoms with Crippen molar-refractivity contribution in [2.75, 3.05) is 5.75 Å². The Morgan fingerprint density at radius 2 is 0.608 bits per heavy atom. The summed E-state index contributed by atoms with van der Waals surface area (Å²) in [4.78, 5) is 0. The van der Waals surface area contributed by atoms with E-state index in [-0.39, 0.29) is 0 Å². The van der Waals surface area contributed by atoms with Gasteiger partial charge in [0, 0.05) is 0 Å². The average molecular weight is 1030 g/mol. The van der Waals surface area contributed by atoms with Gasteiger partial charge in [-0.1, -0.05) is 221 Å². The number of thiol groups is 1. The van der Waals surface area contributed by atoms with Gasteiger partial charge in [-0.15, -0.1) is 0 Å². The minimum Gasteiger partial charge on any atom is -0.179 e. The van der Waals surface area contributed by atoms with E-state index in [0.29, 0.717) is 0 Å². The van der Waals surface area contributed by atoms with E-state index < -0.39 is 0 Å². The van der Waals surface area contributed by atoms with Gasteiger partial charge in [0.05, 0.1) is 0 Å². The Hall–Kier alpha value is -8.49. The Balaban J connectivity index is 0.994. The molecule has 0 N–H and O–H groups in total. The zero-order chi connectivity index (χ0) is 52.4. The molecule has 0 aliphatic rings. The fourth-order valence-electron chi connectivity index (χ4n) is 13.7. The van der Waals surface area contributed by atoms with Crippen molar-refractivity contribution in [2.45, 2.75) is 57.8 Å². The van der Waals surface area contributed by atoms with Crippen molar-refractivity contribution >= 4 is 120 Å². The van der Waals surface area contributed by atoms with E-state index in [4.69, 9.17) is 0 Å². The maximum absolute atomic E-state index is 4.42. The van der Waals surface area contributed by atoms with Crippen LogP contribution in [0, 0.1) is 0 Å². The molecule has 0 amide bonds. The molecule has 0 saturated carbocycles. The van der Waals surface area contributed by atoms with E-state index >= 15 is 0 Å². The molecular weight excluding hydrogens is 969 g/mol. The number of rotatable bonds is 14. The van der Waals surface area contributed by atoms with Crippen molar-refractivity contribution in [3.8, 4) is 44.5 Å². The molecule has 0 spiro atoms. The number of aryl methyl sites for hydroxylation is 1. The lowest BCUT2D eigenvalue weighted by Crippen LogP contribution is -1.96. The van der Waals surface area contributed by atoms with Crippen molar-refractivity contribution in [2.24, 2.45) is 0 Å². The SMILES string of the molecule is SCCCCCCCCCCc1ccc(-c2cc(-c3ccc4cc5ccccc5cc4c3)c3ccc4c(-c5cc6ccccc6c6ccccc56)cc(-c5ccc6cc7ccccc7cc6c5)c5ccc2c3c54)c2ccccc12. The van der Waals surface area contributed by atoms with Crippen LogP contribution in [0.2, 0.25) is 0 Å². The summed E-state index contributed by atoms with van der Waals surface area (Å²) in [6.07, 6.45) is 11.4. The highest BCUT2D eigenvalue weighted by molar-refractivity contribution is 7.80. The Morgan fingerprint density at radius 1 is 0.215 bits per heavy atom. The van der Waals surface area contributed by atoms with E-state index in [9.17, 15) is 0 Å². The van der Waals surface area contributed by atoms with Gasteiger partial charge in [0.2, 0.25) is 0 Å². The maximum atomic E-state index is 4.42. The molecule has 0 heterocycles. The monoisotopic (exact) mass is 1030 g/mol. The second-order valence-corrected chi connectivity index (χ2v) is 22.8. The average Bonchev–Trinajstić information content (AvgIpc) is 3.68. The van der Waals surface area contributed by atoms with Gasteiger partial charge in [-0.05, 0) is 237 Å². The van der Waals surface area contributed by atoms with Crippen LogP contribution in [-0.4, -0.2) is 5.75 Å². The Kier molecular flexibility index (Phi) is 12.1. The zero-order valence-electron chi connectivity index (χ0n) is 44.5. The van der Waals surface area contributed by atoms with Crippen LogP contribution in [0.15, 0.2) is 237 Å². The Bertz CT molecular complexity index is 4870. The summed E-state index contributed by atoms with van der Waals surface area (Å²) in [6, 6.07) is 90.6. The quantitative estimate of drug-likeness (QED) is 0.0477. The Morgan fingerprint density at radius 3 is 1.15 bits per heavy atom. The summed E-state index contributed by atoms with van der Waals surface area (Å²) < 4.78 is 0. The third kappa shape index (κ3) is 8.37. The molecule has 0 fully saturated rings. The van der Waals surface area contributed by atoms with Crippen LogP contribution in [0.25, 0.3) is 152 Å². The van der Waals surface area contributed by atoms with E-state index in [1.807, 2.05) is 0 Å². The molecule has 1 heteroatoms. The molecule has 0 aromatic heterocycles. The van der Waals surface area contributed by atoms with Crippen molar-refractivity contribution in [1.29, 1.82) is 0 Å². The molecule has 0 saturated heterocycles. The number of benzene rings is 15. The van der Waals surface area contributed by atoms with Crippen molar-refractivity contribution in [3.63, 3.8) is 0 Å². The van der Waals surface area contributed by atoms with Gasteiger partial charge < -0.3 is 0 Å². The molecule has 0 bridgehead atoms. The van der Waals surface area contributed by atoms with E-state index in [2.05, 4.69) is 249 Å². The fourth-order valence-corrected chi connectivity index (χ4v) is 13.9. The van der Waals surface area contributed by atoms with Crippen molar-refractivity contribution < 1.29 is 0 Å². The van der Waals surface area contributed by atoms with Crippen molar-refractivity contribution in [1.82, 2.24) is 0 Å². The highest BCUT2D eigenvalue weighted by Gasteiger charge is 2.24. The molecule has 0 atom stereocenters. The third-order valence-corrected chi connectivity index (χ3v) is 18.0. The molecule has 15 aromatic carbocycles. The molecule has 0 aliphatic carbocycles. The first kappa shape index (κ1) is 47.7. The van der Waals surface area contributed by atoms with Gasteiger partial charge in [0.15, 0.2) is 0 Å². The molecule has 0 unspecified atom stereocenters. The largest absolute Gasteiger partial charge is 0.179 e. The minimum absolute atomic E-state index is 1.00. The Labute approximate surface area is 467 Å². The number of unbranched alkanes of at least 4 members (excludes halogenated alkanes) is 7. The predicted octanol–water partition coefficient (Wildman–Crippen LogP) is 22.9. The summed E-state index contributed by atoms with van der Waals surface area (Å²) in [7, 11) is 0. The van der Waals surface area contributed by atoms with Gasteiger partial charge in [0.1, 0.15) is 0 Å². The zero-order valence-corrected chi connectivity index (χ0v) is 45.4. The second-order valence-electron chi connectivity index (χ2n) is 22.3. The molecule has 0 radical (unpaired) electrons. The normalized spacial score (nSPS) is 12.1. The molecule has 0 aliphatic heterocycles. The topological polar surface area (TPSA) is 0 Å². The number of hydrogen-bond acceptors (Lipinski definition) is 1. The molecule has 0 nitrogen and oxygen atoms in total. The van der Waals surface area contributed by atoms with Crippen LogP contribution < -0.4 is 0 Å². The van der Waals surface area contributed by atoms with Crippen molar-refractivity contribution in [3.05, 3.63) is 242 Å². The first-order chi connectivity index (χ1) is 39.1. The van der Waals surface area contributed by atoms with Crippen LogP contribution in [0.3, 0.4) is 0 Å². The fraction of sp³-hybridized carbons (Fsp3) is 0.128. The van der Waals surface area contributed by atoms with Crippen LogP contribution in [-0.2, 0) is 6.42 Å². The van der Waals surface area contributed by atoms with Crippen LogP contribution >= 0.6 is 12.6 Å². The summed E-state index contributed by atoms with van der Waals surface area (Å²) in [5.74, 6) is 1.00. The summed E-state index contributed by atoms with van der Waals surface area (Å²) in [6.45, 7) is 0. The molecular formula is C78H60S. The first-order valence-corrected chi connectivity index (χ1v) is 29.4. The van der Waals surface area contributed by atoms with Gasteiger partial charge in [-0.3, -0.25) is 0 Å². The van der Waals surface area contributed by atoms with Gasteiger partial charge in [-0.25, -0.2) is 0 Å². The van der Waals surface area contributed by atoms with Gasteiger partial charge in [-0.2, -0.15) is 12.6 Å². The highest BCUT2D eigenvalue weighted by atomic mass is 32.1. The number of fused-ring (bicyclic) bond motifs is 8. The maximum Gasteiger partial charge on any atom is -0.00139 e. The summed E-state index contributed by atoms with van der Waals surface area (Å²) >= 11 is 4.42. The minimum atomic E-state index is 1.00. The smallest absolute Gasteiger partial charge is 0.00139 e. The number of hydrogen-bond donors (Lipinski definition) is 1. The summed E-state index contributed by atoms with van der Waals surface area (Å²) in [5.41, 5.74) is 11.5. The van der Waals surface area contributed by atoms with Gasteiger partial charge in [0.25, 0.3) is 0 Å². The first-order valence-electron chi connectivity index (χ1n) is 28.8. The van der Waals surface area contributed by atoms with Crippen LogP contribution in [0.5, 0.6) is 0 Å². The second kappa shape index (κ2) is 20.1. The van der Waals surface area contributed by atoms with Gasteiger partial charge >= 0.3 is 0 Å². The lowest BCUT2D eigenvalue weighted by molar-refractivity contribution is 0.577. The van der Waals surface area contributed by atoms with E-state index in [1.165, 1.54) is 209 Å².